The minimum Gasteiger partial charge on any atom is -0.480 e. The standard InChI is InChI=1S/C10H14N2O3S/c1-6(8-4-3-5-16-8)11-10(15)12-7(2)9(13)14/h3-7H,1-2H3,(H,13,14)(H2,11,12,15)/t6?,7-/m0/s1. The number of carboxylic acids is 1. The van der Waals surface area contributed by atoms with Gasteiger partial charge >= 0.3 is 12.0 Å². The molecule has 6 heteroatoms. The number of carboxylic acid groups (broad SMARTS) is 1. The van der Waals surface area contributed by atoms with Gasteiger partial charge in [0.15, 0.2) is 0 Å². The Balaban J connectivity index is 2.43. The summed E-state index contributed by atoms with van der Waals surface area (Å²) in [7, 11) is 0. The molecule has 0 saturated carbocycles. The maximum absolute atomic E-state index is 11.4. The monoisotopic (exact) mass is 242 g/mol. The molecule has 1 rings (SSSR count). The topological polar surface area (TPSA) is 78.4 Å². The highest BCUT2D eigenvalue weighted by molar-refractivity contribution is 7.10. The SMILES string of the molecule is CC(NC(=O)N[C@@H](C)C(=O)O)c1cccs1. The molecule has 1 heterocycles. The van der Waals surface area contributed by atoms with Gasteiger partial charge in [-0.15, -0.1) is 11.3 Å². The van der Waals surface area contributed by atoms with E-state index in [1.165, 1.54) is 18.3 Å². The van der Waals surface area contributed by atoms with Crippen LogP contribution in [0.3, 0.4) is 0 Å². The molecule has 0 bridgehead atoms. The highest BCUT2D eigenvalue weighted by atomic mass is 32.1. The molecule has 0 radical (unpaired) electrons. The van der Waals surface area contributed by atoms with E-state index in [2.05, 4.69) is 10.6 Å². The maximum Gasteiger partial charge on any atom is 0.325 e. The number of aliphatic carboxylic acids is 1. The molecule has 0 fully saturated rings. The normalized spacial score (nSPS) is 13.9. The lowest BCUT2D eigenvalue weighted by Gasteiger charge is -2.15. The van der Waals surface area contributed by atoms with Gasteiger partial charge in [-0.25, -0.2) is 4.79 Å². The zero-order chi connectivity index (χ0) is 12.1. The number of rotatable bonds is 4. The molecule has 16 heavy (non-hydrogen) atoms. The number of hydrogen-bond acceptors (Lipinski definition) is 3. The third-order valence-electron chi connectivity index (χ3n) is 2.04. The van der Waals surface area contributed by atoms with Crippen molar-refractivity contribution in [3.05, 3.63) is 22.4 Å². The number of hydrogen-bond donors (Lipinski definition) is 3. The molecule has 1 unspecified atom stereocenters. The largest absolute Gasteiger partial charge is 0.480 e. The van der Waals surface area contributed by atoms with Crippen LogP contribution >= 0.6 is 11.3 Å². The van der Waals surface area contributed by atoms with E-state index in [1.807, 2.05) is 24.4 Å². The molecular weight excluding hydrogens is 228 g/mol. The predicted molar refractivity (Wildman–Crippen MR) is 61.5 cm³/mol. The molecule has 0 saturated heterocycles. The molecule has 1 aromatic heterocycles. The summed E-state index contributed by atoms with van der Waals surface area (Å²) in [6, 6.07) is 2.32. The van der Waals surface area contributed by atoms with E-state index in [4.69, 9.17) is 5.11 Å². The highest BCUT2D eigenvalue weighted by Crippen LogP contribution is 2.17. The van der Waals surface area contributed by atoms with Crippen LogP contribution in [0.2, 0.25) is 0 Å². The van der Waals surface area contributed by atoms with E-state index < -0.39 is 18.0 Å². The number of thiophene rings is 1. The minimum atomic E-state index is -1.06. The zero-order valence-corrected chi connectivity index (χ0v) is 9.88. The molecule has 1 aromatic rings. The number of urea groups is 1. The molecule has 5 nitrogen and oxygen atoms in total. The van der Waals surface area contributed by atoms with Gasteiger partial charge in [0.25, 0.3) is 0 Å². The molecule has 0 aliphatic carbocycles. The van der Waals surface area contributed by atoms with Gasteiger partial charge < -0.3 is 15.7 Å². The summed E-state index contributed by atoms with van der Waals surface area (Å²) in [5, 5.41) is 15.5. The van der Waals surface area contributed by atoms with Crippen LogP contribution in [-0.2, 0) is 4.79 Å². The molecule has 0 aromatic carbocycles. The second-order valence-electron chi connectivity index (χ2n) is 3.41. The summed E-state index contributed by atoms with van der Waals surface area (Å²) in [5.41, 5.74) is 0. The fourth-order valence-corrected chi connectivity index (χ4v) is 1.84. The van der Waals surface area contributed by atoms with Crippen LogP contribution in [0.4, 0.5) is 4.79 Å². The van der Waals surface area contributed by atoms with E-state index in [9.17, 15) is 9.59 Å². The number of amides is 2. The molecular formula is C10H14N2O3S. The van der Waals surface area contributed by atoms with Crippen molar-refractivity contribution in [2.75, 3.05) is 0 Å². The molecule has 2 amide bonds. The van der Waals surface area contributed by atoms with E-state index >= 15 is 0 Å². The molecule has 3 N–H and O–H groups in total. The van der Waals surface area contributed by atoms with Crippen LogP contribution in [-0.4, -0.2) is 23.1 Å². The van der Waals surface area contributed by atoms with Crippen molar-refractivity contribution in [1.29, 1.82) is 0 Å². The van der Waals surface area contributed by atoms with Gasteiger partial charge in [-0.2, -0.15) is 0 Å². The van der Waals surface area contributed by atoms with Crippen LogP contribution in [0.1, 0.15) is 24.8 Å². The number of nitrogens with one attached hydrogen (secondary N) is 2. The fraction of sp³-hybridized carbons (Fsp3) is 0.400. The second kappa shape index (κ2) is 5.50. The van der Waals surface area contributed by atoms with E-state index in [-0.39, 0.29) is 6.04 Å². The Morgan fingerprint density at radius 3 is 2.56 bits per heavy atom. The Bertz CT molecular complexity index is 364. The lowest BCUT2D eigenvalue weighted by atomic mass is 10.3. The van der Waals surface area contributed by atoms with Gasteiger partial charge in [0, 0.05) is 4.88 Å². The van der Waals surface area contributed by atoms with Crippen molar-refractivity contribution < 1.29 is 14.7 Å². The van der Waals surface area contributed by atoms with Gasteiger partial charge in [-0.1, -0.05) is 6.07 Å². The Kier molecular flexibility index (Phi) is 4.30. The van der Waals surface area contributed by atoms with Gasteiger partial charge in [0.1, 0.15) is 6.04 Å². The summed E-state index contributed by atoms with van der Waals surface area (Å²) in [4.78, 5) is 22.9. The first-order valence-electron chi connectivity index (χ1n) is 4.84. The molecule has 0 aliphatic heterocycles. The highest BCUT2D eigenvalue weighted by Gasteiger charge is 2.15. The van der Waals surface area contributed by atoms with Gasteiger partial charge in [0.05, 0.1) is 6.04 Å². The minimum absolute atomic E-state index is 0.124. The quantitative estimate of drug-likeness (QED) is 0.750. The van der Waals surface area contributed by atoms with Gasteiger partial charge in [0.2, 0.25) is 0 Å². The van der Waals surface area contributed by atoms with Crippen molar-refractivity contribution in [2.24, 2.45) is 0 Å². The number of carbonyl (C=O) groups excluding carboxylic acids is 1. The average Bonchev–Trinajstić information content (AvgIpc) is 2.69. The average molecular weight is 242 g/mol. The lowest BCUT2D eigenvalue weighted by Crippen LogP contribution is -2.44. The molecule has 88 valence electrons. The third kappa shape index (κ3) is 3.54. The van der Waals surface area contributed by atoms with Crippen molar-refractivity contribution in [3.63, 3.8) is 0 Å². The van der Waals surface area contributed by atoms with E-state index in [0.717, 1.165) is 4.88 Å². The first-order valence-corrected chi connectivity index (χ1v) is 5.72. The first-order chi connectivity index (χ1) is 7.50. The third-order valence-corrected chi connectivity index (χ3v) is 3.09. The maximum atomic E-state index is 11.4. The van der Waals surface area contributed by atoms with Crippen molar-refractivity contribution in [1.82, 2.24) is 10.6 Å². The Morgan fingerprint density at radius 1 is 1.38 bits per heavy atom. The Hall–Kier alpha value is -1.56. The second-order valence-corrected chi connectivity index (χ2v) is 4.39. The Morgan fingerprint density at radius 2 is 2.06 bits per heavy atom. The first kappa shape index (κ1) is 12.5. The van der Waals surface area contributed by atoms with Gasteiger partial charge in [-0.3, -0.25) is 4.79 Å². The van der Waals surface area contributed by atoms with Crippen LogP contribution < -0.4 is 10.6 Å². The summed E-state index contributed by atoms with van der Waals surface area (Å²) >= 11 is 1.54. The molecule has 0 aliphatic rings. The summed E-state index contributed by atoms with van der Waals surface area (Å²) in [6.07, 6.45) is 0. The molecule has 0 spiro atoms. The van der Waals surface area contributed by atoms with Gasteiger partial charge in [-0.05, 0) is 25.3 Å². The van der Waals surface area contributed by atoms with E-state index in [0.29, 0.717) is 0 Å². The van der Waals surface area contributed by atoms with Crippen LogP contribution in [0.5, 0.6) is 0 Å². The van der Waals surface area contributed by atoms with Crippen molar-refractivity contribution in [2.45, 2.75) is 25.9 Å². The van der Waals surface area contributed by atoms with Crippen LogP contribution in [0.25, 0.3) is 0 Å². The fourth-order valence-electron chi connectivity index (χ4n) is 1.11. The smallest absolute Gasteiger partial charge is 0.325 e. The predicted octanol–water partition coefficient (Wildman–Crippen LogP) is 1.58. The van der Waals surface area contributed by atoms with Crippen LogP contribution in [0.15, 0.2) is 17.5 Å². The summed E-state index contributed by atoms with van der Waals surface area (Å²) in [5.74, 6) is -1.06. The van der Waals surface area contributed by atoms with Crippen LogP contribution in [0, 0.1) is 0 Å². The van der Waals surface area contributed by atoms with Crippen molar-refractivity contribution >= 4 is 23.3 Å². The summed E-state index contributed by atoms with van der Waals surface area (Å²) in [6.45, 7) is 3.26. The van der Waals surface area contributed by atoms with E-state index in [1.54, 1.807) is 0 Å². The zero-order valence-electron chi connectivity index (χ0n) is 9.06. The Labute approximate surface area is 97.5 Å². The molecule has 2 atom stereocenters. The lowest BCUT2D eigenvalue weighted by molar-refractivity contribution is -0.138. The number of carbonyl (C=O) groups is 2. The summed E-state index contributed by atoms with van der Waals surface area (Å²) < 4.78 is 0. The van der Waals surface area contributed by atoms with Crippen molar-refractivity contribution in [3.8, 4) is 0 Å².